The minimum Gasteiger partial charge on any atom is -0.369 e. The number of fused-ring (bicyclic) bond motifs is 2. The fourth-order valence-corrected chi connectivity index (χ4v) is 5.35. The molecule has 0 bridgehead atoms. The van der Waals surface area contributed by atoms with Crippen molar-refractivity contribution in [2.45, 2.75) is 11.8 Å². The van der Waals surface area contributed by atoms with Gasteiger partial charge in [-0.15, -0.1) is 0 Å². The first-order valence-electron chi connectivity index (χ1n) is 10.6. The van der Waals surface area contributed by atoms with Gasteiger partial charge in [-0.05, 0) is 42.8 Å². The molecule has 30 heavy (non-hydrogen) atoms. The first kappa shape index (κ1) is 20.1. The average molecular weight is 445 g/mol. The van der Waals surface area contributed by atoms with Crippen molar-refractivity contribution in [3.05, 3.63) is 58.1 Å². The van der Waals surface area contributed by atoms with E-state index in [0.717, 1.165) is 70.2 Å². The van der Waals surface area contributed by atoms with Crippen LogP contribution in [-0.2, 0) is 10.2 Å². The zero-order chi connectivity index (χ0) is 20.7. The summed E-state index contributed by atoms with van der Waals surface area (Å²) < 4.78 is 0. The van der Waals surface area contributed by atoms with E-state index < -0.39 is 0 Å². The molecule has 0 saturated carbocycles. The van der Waals surface area contributed by atoms with E-state index in [1.165, 1.54) is 5.56 Å². The lowest BCUT2D eigenvalue weighted by molar-refractivity contribution is -0.120. The summed E-state index contributed by atoms with van der Waals surface area (Å²) >= 11 is 12.2. The zero-order valence-electron chi connectivity index (χ0n) is 16.9. The lowest BCUT2D eigenvalue weighted by atomic mass is 9.81. The van der Waals surface area contributed by atoms with Gasteiger partial charge in [-0.1, -0.05) is 41.4 Å². The van der Waals surface area contributed by atoms with Crippen LogP contribution in [0.25, 0.3) is 0 Å². The second kappa shape index (κ2) is 8.04. The van der Waals surface area contributed by atoms with Crippen LogP contribution >= 0.6 is 23.2 Å². The number of para-hydroxylation sites is 1. The van der Waals surface area contributed by atoms with Gasteiger partial charge in [-0.2, -0.15) is 0 Å². The Morgan fingerprint density at radius 1 is 0.900 bits per heavy atom. The number of carbonyl (C=O) groups is 1. The van der Waals surface area contributed by atoms with Crippen LogP contribution in [0.1, 0.15) is 12.0 Å². The number of nitrogens with one attached hydrogen (secondary N) is 1. The lowest BCUT2D eigenvalue weighted by Crippen LogP contribution is -2.48. The quantitative estimate of drug-likeness (QED) is 0.779. The number of halogens is 2. The van der Waals surface area contributed by atoms with Crippen LogP contribution in [0.3, 0.4) is 0 Å². The summed E-state index contributed by atoms with van der Waals surface area (Å²) in [6.45, 7) is 7.86. The van der Waals surface area contributed by atoms with E-state index in [0.29, 0.717) is 10.0 Å². The molecule has 3 heterocycles. The first-order chi connectivity index (χ1) is 14.5. The molecule has 2 aromatic rings. The SMILES string of the molecule is O=C1Nc2ccccc2C12CCN(CCN1CCN(c3ccc(Cl)c(Cl)c3)CC1)C2. The number of benzene rings is 2. The van der Waals surface area contributed by atoms with Crippen LogP contribution in [0.4, 0.5) is 11.4 Å². The summed E-state index contributed by atoms with van der Waals surface area (Å²) in [7, 11) is 0. The van der Waals surface area contributed by atoms with Crippen molar-refractivity contribution >= 4 is 40.5 Å². The van der Waals surface area contributed by atoms with E-state index in [9.17, 15) is 4.79 Å². The van der Waals surface area contributed by atoms with Gasteiger partial charge in [0.05, 0.1) is 15.5 Å². The van der Waals surface area contributed by atoms with Crippen LogP contribution in [0.5, 0.6) is 0 Å². The Labute approximate surface area is 187 Å². The largest absolute Gasteiger partial charge is 0.369 e. The van der Waals surface area contributed by atoms with E-state index in [-0.39, 0.29) is 11.3 Å². The summed E-state index contributed by atoms with van der Waals surface area (Å²) in [6.07, 6.45) is 0.904. The van der Waals surface area contributed by atoms with Crippen molar-refractivity contribution in [3.8, 4) is 0 Å². The van der Waals surface area contributed by atoms with Crippen molar-refractivity contribution in [2.75, 3.05) is 62.6 Å². The van der Waals surface area contributed by atoms with Crippen LogP contribution in [-0.4, -0.2) is 68.1 Å². The second-order valence-electron chi connectivity index (χ2n) is 8.54. The maximum Gasteiger partial charge on any atom is 0.236 e. The molecule has 3 aliphatic rings. The second-order valence-corrected chi connectivity index (χ2v) is 9.35. The molecule has 1 atom stereocenters. The molecule has 7 heteroatoms. The standard InChI is InChI=1S/C23H26Cl2N4O/c24-19-6-5-17(15-20(19)25)29-13-11-27(12-14-29)9-10-28-8-7-23(16-28)18-3-1-2-4-21(18)26-22(23)30/h1-6,15H,7-14,16H2,(H,26,30). The molecule has 1 N–H and O–H groups in total. The Bertz CT molecular complexity index is 960. The number of hydrogen-bond donors (Lipinski definition) is 1. The minimum absolute atomic E-state index is 0.168. The van der Waals surface area contributed by atoms with Crippen LogP contribution in [0, 0.1) is 0 Å². The van der Waals surface area contributed by atoms with Gasteiger partial charge < -0.3 is 15.1 Å². The average Bonchev–Trinajstić information content (AvgIpc) is 3.31. The smallest absolute Gasteiger partial charge is 0.236 e. The van der Waals surface area contributed by atoms with Gasteiger partial charge in [0.2, 0.25) is 5.91 Å². The van der Waals surface area contributed by atoms with Crippen molar-refractivity contribution in [3.63, 3.8) is 0 Å². The molecule has 1 amide bonds. The number of nitrogens with zero attached hydrogens (tertiary/aromatic N) is 3. The Hall–Kier alpha value is -1.79. The Morgan fingerprint density at radius 2 is 1.67 bits per heavy atom. The fraction of sp³-hybridized carbons (Fsp3) is 0.435. The number of piperazine rings is 1. The summed E-state index contributed by atoms with van der Waals surface area (Å²) in [5, 5.41) is 4.29. The van der Waals surface area contributed by atoms with Crippen molar-refractivity contribution < 1.29 is 4.79 Å². The maximum atomic E-state index is 12.8. The molecule has 0 aromatic heterocycles. The summed E-state index contributed by atoms with van der Waals surface area (Å²) in [5.74, 6) is 0.168. The maximum absolute atomic E-state index is 12.8. The summed E-state index contributed by atoms with van der Waals surface area (Å²) in [6, 6.07) is 14.0. The van der Waals surface area contributed by atoms with Crippen molar-refractivity contribution in [1.29, 1.82) is 0 Å². The predicted molar refractivity (Wildman–Crippen MR) is 123 cm³/mol. The highest BCUT2D eigenvalue weighted by molar-refractivity contribution is 6.42. The van der Waals surface area contributed by atoms with Gasteiger partial charge in [0.1, 0.15) is 0 Å². The Morgan fingerprint density at radius 3 is 2.47 bits per heavy atom. The normalized spacial score (nSPS) is 24.5. The third-order valence-corrected chi connectivity index (χ3v) is 7.59. The zero-order valence-corrected chi connectivity index (χ0v) is 18.4. The minimum atomic E-state index is -0.358. The third-order valence-electron chi connectivity index (χ3n) is 6.85. The number of rotatable bonds is 4. The topological polar surface area (TPSA) is 38.8 Å². The number of likely N-dealkylation sites (tertiary alicyclic amines) is 1. The Balaban J connectivity index is 1.14. The highest BCUT2D eigenvalue weighted by Crippen LogP contribution is 2.43. The summed E-state index contributed by atoms with van der Waals surface area (Å²) in [5.41, 5.74) is 2.94. The first-order valence-corrected chi connectivity index (χ1v) is 11.4. The fourth-order valence-electron chi connectivity index (χ4n) is 5.05. The Kier molecular flexibility index (Phi) is 5.40. The van der Waals surface area contributed by atoms with E-state index >= 15 is 0 Å². The number of hydrogen-bond acceptors (Lipinski definition) is 4. The number of amides is 1. The van der Waals surface area contributed by atoms with Gasteiger partial charge >= 0.3 is 0 Å². The molecule has 2 saturated heterocycles. The van der Waals surface area contributed by atoms with E-state index in [2.05, 4.69) is 26.1 Å². The molecule has 1 unspecified atom stereocenters. The molecule has 158 valence electrons. The molecule has 2 fully saturated rings. The molecule has 2 aromatic carbocycles. The third kappa shape index (κ3) is 3.58. The highest BCUT2D eigenvalue weighted by Gasteiger charge is 2.50. The highest BCUT2D eigenvalue weighted by atomic mass is 35.5. The van der Waals surface area contributed by atoms with Crippen molar-refractivity contribution in [1.82, 2.24) is 9.80 Å². The molecule has 0 radical (unpaired) electrons. The molecule has 5 rings (SSSR count). The number of carbonyl (C=O) groups excluding carboxylic acids is 1. The van der Waals surface area contributed by atoms with Gasteiger partial charge in [0.25, 0.3) is 0 Å². The van der Waals surface area contributed by atoms with Gasteiger partial charge in [-0.3, -0.25) is 9.69 Å². The van der Waals surface area contributed by atoms with Crippen LogP contribution < -0.4 is 10.2 Å². The van der Waals surface area contributed by atoms with Crippen LogP contribution in [0.2, 0.25) is 10.0 Å². The molecule has 1 spiro atoms. The lowest BCUT2D eigenvalue weighted by Gasteiger charge is -2.37. The predicted octanol–water partition coefficient (Wildman–Crippen LogP) is 3.71. The molecule has 5 nitrogen and oxygen atoms in total. The number of anilines is 2. The van der Waals surface area contributed by atoms with E-state index in [4.69, 9.17) is 23.2 Å². The van der Waals surface area contributed by atoms with Crippen LogP contribution in [0.15, 0.2) is 42.5 Å². The van der Waals surface area contributed by atoms with Gasteiger partial charge in [0, 0.05) is 57.2 Å². The van der Waals surface area contributed by atoms with Gasteiger partial charge in [-0.25, -0.2) is 0 Å². The molecular weight excluding hydrogens is 419 g/mol. The monoisotopic (exact) mass is 444 g/mol. The summed E-state index contributed by atoms with van der Waals surface area (Å²) in [4.78, 5) is 20.1. The van der Waals surface area contributed by atoms with E-state index in [1.54, 1.807) is 0 Å². The molecule has 3 aliphatic heterocycles. The molecule has 0 aliphatic carbocycles. The van der Waals surface area contributed by atoms with Crippen molar-refractivity contribution in [2.24, 2.45) is 0 Å². The van der Waals surface area contributed by atoms with Gasteiger partial charge in [0.15, 0.2) is 0 Å². The molecular formula is C23H26Cl2N4O. The van der Waals surface area contributed by atoms with E-state index in [1.807, 2.05) is 36.4 Å².